The van der Waals surface area contributed by atoms with Gasteiger partial charge in [0.25, 0.3) is 0 Å². The zero-order chi connectivity index (χ0) is 22.1. The number of ether oxygens (including phenoxy) is 3. The molecule has 1 amide bonds. The molecule has 0 bridgehead atoms. The van der Waals surface area contributed by atoms with Crippen LogP contribution in [-0.4, -0.2) is 32.3 Å². The van der Waals surface area contributed by atoms with E-state index in [4.69, 9.17) is 14.2 Å². The number of amides is 1. The van der Waals surface area contributed by atoms with Gasteiger partial charge in [0.2, 0.25) is 5.91 Å². The van der Waals surface area contributed by atoms with Crippen LogP contribution in [0.1, 0.15) is 56.7 Å². The highest BCUT2D eigenvalue weighted by molar-refractivity contribution is 5.73. The number of rotatable bonds is 11. The minimum absolute atomic E-state index is 0.00422. The van der Waals surface area contributed by atoms with Crippen LogP contribution in [0, 0.1) is 5.92 Å². The molecule has 1 saturated carbocycles. The number of carbonyl (C=O) groups is 1. The Morgan fingerprint density at radius 3 is 2.42 bits per heavy atom. The maximum atomic E-state index is 11.2. The molecule has 0 aliphatic heterocycles. The summed E-state index contributed by atoms with van der Waals surface area (Å²) in [5.74, 6) is 2.45. The Balaban J connectivity index is 1.42. The molecule has 1 aliphatic rings. The summed E-state index contributed by atoms with van der Waals surface area (Å²) in [5.41, 5.74) is 2.43. The van der Waals surface area contributed by atoms with Crippen LogP contribution in [-0.2, 0) is 16.0 Å². The zero-order valence-electron chi connectivity index (χ0n) is 18.9. The lowest BCUT2D eigenvalue weighted by molar-refractivity contribution is -0.119. The Bertz CT molecular complexity index is 803. The van der Waals surface area contributed by atoms with Gasteiger partial charge in [-0.2, -0.15) is 0 Å². The number of nitrogens with one attached hydrogen (secondary N) is 1. The molecule has 31 heavy (non-hydrogen) atoms. The fourth-order valence-corrected chi connectivity index (χ4v) is 4.19. The van der Waals surface area contributed by atoms with Crippen LogP contribution in [0.25, 0.3) is 0 Å². The van der Waals surface area contributed by atoms with E-state index in [0.29, 0.717) is 12.5 Å². The van der Waals surface area contributed by atoms with E-state index in [0.717, 1.165) is 49.4 Å². The van der Waals surface area contributed by atoms with Crippen molar-refractivity contribution in [2.75, 3.05) is 20.3 Å². The van der Waals surface area contributed by atoms with Gasteiger partial charge in [-0.15, -0.1) is 0 Å². The molecule has 3 atom stereocenters. The Hall–Kier alpha value is -2.53. The lowest BCUT2D eigenvalue weighted by atomic mass is 9.98. The summed E-state index contributed by atoms with van der Waals surface area (Å²) in [7, 11) is 1.71. The minimum atomic E-state index is -0.0194. The predicted molar refractivity (Wildman–Crippen MR) is 123 cm³/mol. The molecule has 3 unspecified atom stereocenters. The molecule has 168 valence electrons. The number of carbonyl (C=O) groups excluding carboxylic acids is 1. The third-order valence-corrected chi connectivity index (χ3v) is 5.80. The van der Waals surface area contributed by atoms with Gasteiger partial charge < -0.3 is 19.5 Å². The van der Waals surface area contributed by atoms with E-state index in [9.17, 15) is 4.79 Å². The fourth-order valence-electron chi connectivity index (χ4n) is 4.19. The molecule has 2 aromatic rings. The molecule has 5 nitrogen and oxygen atoms in total. The van der Waals surface area contributed by atoms with Gasteiger partial charge in [-0.1, -0.05) is 24.3 Å². The van der Waals surface area contributed by atoms with Crippen molar-refractivity contribution in [1.29, 1.82) is 0 Å². The third-order valence-electron chi connectivity index (χ3n) is 5.80. The molecule has 1 aliphatic carbocycles. The summed E-state index contributed by atoms with van der Waals surface area (Å²) in [6.07, 6.45) is 5.62. The van der Waals surface area contributed by atoms with Crippen molar-refractivity contribution in [2.45, 2.75) is 58.1 Å². The SMILES string of the molecule is COCCCOc1ccc(CC2CCC(Oc3ccc(C(C)NC(C)=O)cc3)C2)cc1. The standard InChI is InChI=1S/C26H35NO4/c1-19(27-20(2)28)23-8-13-25(14-9-23)31-26-12-7-22(18-26)17-21-5-10-24(11-6-21)30-16-4-15-29-3/h5-6,8-11,13-14,19,22,26H,4,7,12,15-18H2,1-3H3,(H,27,28). The molecule has 0 aromatic heterocycles. The number of hydrogen-bond acceptors (Lipinski definition) is 4. The molecule has 0 saturated heterocycles. The first-order valence-electron chi connectivity index (χ1n) is 11.3. The molecule has 5 heteroatoms. The minimum Gasteiger partial charge on any atom is -0.494 e. The van der Waals surface area contributed by atoms with Crippen molar-refractivity contribution < 1.29 is 19.0 Å². The Kier molecular flexibility index (Phi) is 8.77. The molecule has 1 N–H and O–H groups in total. The van der Waals surface area contributed by atoms with Crippen molar-refractivity contribution in [3.8, 4) is 11.5 Å². The predicted octanol–water partition coefficient (Wildman–Crippen LogP) is 5.09. The van der Waals surface area contributed by atoms with Crippen LogP contribution >= 0.6 is 0 Å². The summed E-state index contributed by atoms with van der Waals surface area (Å²) in [6, 6.07) is 16.6. The topological polar surface area (TPSA) is 56.8 Å². The van der Waals surface area contributed by atoms with E-state index in [2.05, 4.69) is 29.6 Å². The summed E-state index contributed by atoms with van der Waals surface area (Å²) in [5, 5.41) is 2.91. The number of methoxy groups -OCH3 is 1. The Morgan fingerprint density at radius 2 is 1.74 bits per heavy atom. The average Bonchev–Trinajstić information content (AvgIpc) is 3.19. The summed E-state index contributed by atoms with van der Waals surface area (Å²) in [6.45, 7) is 4.93. The normalized spacial score (nSPS) is 19.1. The highest BCUT2D eigenvalue weighted by Gasteiger charge is 2.26. The van der Waals surface area contributed by atoms with E-state index in [1.54, 1.807) is 7.11 Å². The van der Waals surface area contributed by atoms with Crippen LogP contribution in [0.5, 0.6) is 11.5 Å². The summed E-state index contributed by atoms with van der Waals surface area (Å²) < 4.78 is 17.0. The first-order chi connectivity index (χ1) is 15.0. The fraction of sp³-hybridized carbons (Fsp3) is 0.500. The second kappa shape index (κ2) is 11.8. The highest BCUT2D eigenvalue weighted by atomic mass is 16.5. The maximum Gasteiger partial charge on any atom is 0.217 e. The molecular weight excluding hydrogens is 390 g/mol. The van der Waals surface area contributed by atoms with Crippen molar-refractivity contribution in [1.82, 2.24) is 5.32 Å². The zero-order valence-corrected chi connectivity index (χ0v) is 18.9. The van der Waals surface area contributed by atoms with Gasteiger partial charge in [-0.05, 0) is 73.9 Å². The lowest BCUT2D eigenvalue weighted by Crippen LogP contribution is -2.23. The van der Waals surface area contributed by atoms with Gasteiger partial charge in [-0.3, -0.25) is 4.79 Å². The summed E-state index contributed by atoms with van der Waals surface area (Å²) >= 11 is 0. The molecule has 0 spiro atoms. The van der Waals surface area contributed by atoms with Crippen LogP contribution in [0.2, 0.25) is 0 Å². The maximum absolute atomic E-state index is 11.2. The smallest absolute Gasteiger partial charge is 0.217 e. The van der Waals surface area contributed by atoms with E-state index in [1.165, 1.54) is 18.9 Å². The third kappa shape index (κ3) is 7.59. The molecule has 3 rings (SSSR count). The van der Waals surface area contributed by atoms with Gasteiger partial charge in [-0.25, -0.2) is 0 Å². The quantitative estimate of drug-likeness (QED) is 0.510. The largest absolute Gasteiger partial charge is 0.494 e. The van der Waals surface area contributed by atoms with Crippen LogP contribution in [0.4, 0.5) is 0 Å². The molecule has 1 fully saturated rings. The second-order valence-corrected chi connectivity index (χ2v) is 8.45. The highest BCUT2D eigenvalue weighted by Crippen LogP contribution is 2.32. The monoisotopic (exact) mass is 425 g/mol. The summed E-state index contributed by atoms with van der Waals surface area (Å²) in [4.78, 5) is 11.2. The second-order valence-electron chi connectivity index (χ2n) is 8.45. The van der Waals surface area contributed by atoms with E-state index in [-0.39, 0.29) is 18.1 Å². The molecule has 2 aromatic carbocycles. The molecule has 0 heterocycles. The molecular formula is C26H35NO4. The number of hydrogen-bond donors (Lipinski definition) is 1. The molecule has 0 radical (unpaired) electrons. The van der Waals surface area contributed by atoms with Crippen LogP contribution < -0.4 is 14.8 Å². The van der Waals surface area contributed by atoms with Crippen molar-refractivity contribution in [3.63, 3.8) is 0 Å². The van der Waals surface area contributed by atoms with E-state index < -0.39 is 0 Å². The van der Waals surface area contributed by atoms with Gasteiger partial charge in [0, 0.05) is 27.1 Å². The van der Waals surface area contributed by atoms with Crippen LogP contribution in [0.3, 0.4) is 0 Å². The van der Waals surface area contributed by atoms with Crippen molar-refractivity contribution >= 4 is 5.91 Å². The van der Waals surface area contributed by atoms with Gasteiger partial charge in [0.15, 0.2) is 0 Å². The van der Waals surface area contributed by atoms with Gasteiger partial charge in [0.05, 0.1) is 18.8 Å². The van der Waals surface area contributed by atoms with Crippen molar-refractivity contribution in [3.05, 3.63) is 59.7 Å². The lowest BCUT2D eigenvalue weighted by Gasteiger charge is -2.16. The average molecular weight is 426 g/mol. The first kappa shape index (κ1) is 23.1. The Morgan fingerprint density at radius 1 is 1.03 bits per heavy atom. The Labute approximate surface area is 186 Å². The first-order valence-corrected chi connectivity index (χ1v) is 11.3. The number of benzene rings is 2. The van der Waals surface area contributed by atoms with Crippen LogP contribution in [0.15, 0.2) is 48.5 Å². The van der Waals surface area contributed by atoms with Gasteiger partial charge >= 0.3 is 0 Å². The van der Waals surface area contributed by atoms with Crippen molar-refractivity contribution in [2.24, 2.45) is 5.92 Å². The van der Waals surface area contributed by atoms with E-state index >= 15 is 0 Å². The van der Waals surface area contributed by atoms with Gasteiger partial charge in [0.1, 0.15) is 11.5 Å². The van der Waals surface area contributed by atoms with E-state index in [1.807, 2.05) is 31.2 Å².